The van der Waals surface area contributed by atoms with E-state index in [-0.39, 0.29) is 18.5 Å². The lowest BCUT2D eigenvalue weighted by Crippen LogP contribution is -2.42. The predicted octanol–water partition coefficient (Wildman–Crippen LogP) is 0.00360. The van der Waals surface area contributed by atoms with Crippen LogP contribution in [0, 0.1) is 0 Å². The van der Waals surface area contributed by atoms with Gasteiger partial charge in [0.2, 0.25) is 15.9 Å². The molecule has 0 saturated carbocycles. The summed E-state index contributed by atoms with van der Waals surface area (Å²) in [4.78, 5) is 14.2. The molecule has 1 fully saturated rings. The number of aromatic nitrogens is 5. The smallest absolute Gasteiger partial charge is 0.244 e. The molecular formula is C16H23N7O3S. The second-order valence-corrected chi connectivity index (χ2v) is 8.97. The van der Waals surface area contributed by atoms with Gasteiger partial charge in [0.25, 0.3) is 0 Å². The van der Waals surface area contributed by atoms with Crippen molar-refractivity contribution >= 4 is 15.9 Å². The van der Waals surface area contributed by atoms with Gasteiger partial charge in [-0.3, -0.25) is 9.48 Å². The second kappa shape index (κ2) is 7.04. The summed E-state index contributed by atoms with van der Waals surface area (Å²) in [5.74, 6) is 1.36. The van der Waals surface area contributed by atoms with Gasteiger partial charge < -0.3 is 9.47 Å². The third kappa shape index (κ3) is 3.61. The minimum atomic E-state index is -3.30. The van der Waals surface area contributed by atoms with Gasteiger partial charge in [0.05, 0.1) is 18.8 Å². The van der Waals surface area contributed by atoms with E-state index in [2.05, 4.69) is 15.3 Å². The monoisotopic (exact) mass is 393 g/mol. The Balaban J connectivity index is 1.52. The molecule has 0 bridgehead atoms. The SMILES string of the molecule is CS(=O)(=O)N1CCCCC1c1nnc2n1CCN(C(=O)Cn1cccn1)C2. The Hall–Kier alpha value is -2.27. The van der Waals surface area contributed by atoms with E-state index in [1.807, 2.05) is 4.57 Å². The summed E-state index contributed by atoms with van der Waals surface area (Å²) in [5.41, 5.74) is 0. The molecule has 2 aromatic rings. The maximum atomic E-state index is 12.5. The molecule has 4 heterocycles. The van der Waals surface area contributed by atoms with E-state index >= 15 is 0 Å². The molecule has 1 amide bonds. The Bertz CT molecular complexity index is 922. The zero-order valence-corrected chi connectivity index (χ0v) is 16.0. The third-order valence-electron chi connectivity index (χ3n) is 5.17. The number of nitrogens with zero attached hydrogens (tertiary/aromatic N) is 7. The molecule has 2 aliphatic heterocycles. The summed E-state index contributed by atoms with van der Waals surface area (Å²) in [6.07, 6.45) is 7.21. The fraction of sp³-hybridized carbons (Fsp3) is 0.625. The average Bonchev–Trinajstić information content (AvgIpc) is 3.29. The van der Waals surface area contributed by atoms with Gasteiger partial charge in [-0.2, -0.15) is 9.40 Å². The number of hydrogen-bond acceptors (Lipinski definition) is 6. The van der Waals surface area contributed by atoms with Crippen LogP contribution in [-0.4, -0.2) is 67.4 Å². The summed E-state index contributed by atoms with van der Waals surface area (Å²) in [7, 11) is -3.30. The Kier molecular flexibility index (Phi) is 4.72. The quantitative estimate of drug-likeness (QED) is 0.724. The van der Waals surface area contributed by atoms with Crippen molar-refractivity contribution < 1.29 is 13.2 Å². The standard InChI is InChI=1S/C16H23N7O3S/c1-27(25,26)23-8-3-2-5-13(23)16-19-18-14-11-20(9-10-22(14)16)15(24)12-21-7-4-6-17-21/h4,6-7,13H,2-3,5,8-12H2,1H3. The summed E-state index contributed by atoms with van der Waals surface area (Å²) >= 11 is 0. The van der Waals surface area contributed by atoms with E-state index < -0.39 is 10.0 Å². The van der Waals surface area contributed by atoms with Crippen LogP contribution in [0.3, 0.4) is 0 Å². The van der Waals surface area contributed by atoms with E-state index in [1.54, 1.807) is 28.0 Å². The molecule has 0 radical (unpaired) electrons. The molecule has 0 aliphatic carbocycles. The molecule has 1 saturated heterocycles. The van der Waals surface area contributed by atoms with Crippen molar-refractivity contribution in [3.63, 3.8) is 0 Å². The number of carbonyl (C=O) groups excluding carboxylic acids is 1. The number of piperidine rings is 1. The van der Waals surface area contributed by atoms with Crippen LogP contribution in [0.5, 0.6) is 0 Å². The lowest BCUT2D eigenvalue weighted by molar-refractivity contribution is -0.133. The van der Waals surface area contributed by atoms with Crippen LogP contribution < -0.4 is 0 Å². The molecule has 146 valence electrons. The van der Waals surface area contributed by atoms with Crippen LogP contribution in [0.15, 0.2) is 18.5 Å². The largest absolute Gasteiger partial charge is 0.332 e. The Morgan fingerprint density at radius 1 is 1.22 bits per heavy atom. The number of carbonyl (C=O) groups is 1. The van der Waals surface area contributed by atoms with Crippen molar-refractivity contribution in [1.29, 1.82) is 0 Å². The van der Waals surface area contributed by atoms with Crippen LogP contribution >= 0.6 is 0 Å². The first-order chi connectivity index (χ1) is 12.9. The maximum Gasteiger partial charge on any atom is 0.244 e. The van der Waals surface area contributed by atoms with Crippen LogP contribution in [-0.2, 0) is 34.5 Å². The number of sulfonamides is 1. The van der Waals surface area contributed by atoms with Crippen LogP contribution in [0.25, 0.3) is 0 Å². The first kappa shape index (κ1) is 18.1. The zero-order chi connectivity index (χ0) is 19.0. The Morgan fingerprint density at radius 2 is 2.07 bits per heavy atom. The first-order valence-corrected chi connectivity index (χ1v) is 10.9. The summed E-state index contributed by atoms with van der Waals surface area (Å²) in [6.45, 7) is 2.19. The van der Waals surface area contributed by atoms with E-state index in [9.17, 15) is 13.2 Å². The van der Waals surface area contributed by atoms with Crippen molar-refractivity contribution in [3.05, 3.63) is 30.1 Å². The highest BCUT2D eigenvalue weighted by Crippen LogP contribution is 2.32. The van der Waals surface area contributed by atoms with Gasteiger partial charge >= 0.3 is 0 Å². The van der Waals surface area contributed by atoms with Gasteiger partial charge in [0.1, 0.15) is 6.54 Å². The van der Waals surface area contributed by atoms with Crippen molar-refractivity contribution in [2.45, 2.75) is 44.9 Å². The molecule has 0 aromatic carbocycles. The fourth-order valence-electron chi connectivity index (χ4n) is 3.83. The maximum absolute atomic E-state index is 12.5. The highest BCUT2D eigenvalue weighted by atomic mass is 32.2. The molecular weight excluding hydrogens is 370 g/mol. The summed E-state index contributed by atoms with van der Waals surface area (Å²) in [6, 6.07) is 1.51. The van der Waals surface area contributed by atoms with E-state index in [0.29, 0.717) is 37.8 Å². The van der Waals surface area contributed by atoms with Gasteiger partial charge in [-0.05, 0) is 18.9 Å². The highest BCUT2D eigenvalue weighted by Gasteiger charge is 2.36. The zero-order valence-electron chi connectivity index (χ0n) is 15.2. The molecule has 27 heavy (non-hydrogen) atoms. The molecule has 2 aliphatic rings. The van der Waals surface area contributed by atoms with Gasteiger partial charge in [-0.1, -0.05) is 6.42 Å². The molecule has 0 N–H and O–H groups in total. The summed E-state index contributed by atoms with van der Waals surface area (Å²) < 4.78 is 29.4. The van der Waals surface area contributed by atoms with Gasteiger partial charge in [0.15, 0.2) is 11.6 Å². The van der Waals surface area contributed by atoms with Crippen molar-refractivity contribution in [2.24, 2.45) is 0 Å². The lowest BCUT2D eigenvalue weighted by atomic mass is 10.0. The van der Waals surface area contributed by atoms with E-state index in [1.165, 1.54) is 10.6 Å². The van der Waals surface area contributed by atoms with E-state index in [4.69, 9.17) is 0 Å². The van der Waals surface area contributed by atoms with E-state index in [0.717, 1.165) is 19.3 Å². The molecule has 10 nitrogen and oxygen atoms in total. The lowest BCUT2D eigenvalue weighted by Gasteiger charge is -2.34. The summed E-state index contributed by atoms with van der Waals surface area (Å²) in [5, 5.41) is 12.6. The van der Waals surface area contributed by atoms with Crippen molar-refractivity contribution in [2.75, 3.05) is 19.3 Å². The molecule has 1 unspecified atom stereocenters. The normalized spacial score (nSPS) is 21.2. The number of hydrogen-bond donors (Lipinski definition) is 0. The first-order valence-electron chi connectivity index (χ1n) is 9.07. The predicted molar refractivity (Wildman–Crippen MR) is 95.8 cm³/mol. The Labute approximate surface area is 157 Å². The highest BCUT2D eigenvalue weighted by molar-refractivity contribution is 7.88. The van der Waals surface area contributed by atoms with Crippen LogP contribution in [0.4, 0.5) is 0 Å². The molecule has 4 rings (SSSR count). The number of fused-ring (bicyclic) bond motifs is 1. The molecule has 1 atom stereocenters. The Morgan fingerprint density at radius 3 is 2.81 bits per heavy atom. The van der Waals surface area contributed by atoms with Crippen molar-refractivity contribution in [1.82, 2.24) is 33.8 Å². The number of rotatable bonds is 4. The molecule has 0 spiro atoms. The van der Waals surface area contributed by atoms with Gasteiger partial charge in [-0.15, -0.1) is 10.2 Å². The third-order valence-corrected chi connectivity index (χ3v) is 6.46. The molecule has 11 heteroatoms. The van der Waals surface area contributed by atoms with Crippen molar-refractivity contribution in [3.8, 4) is 0 Å². The fourth-order valence-corrected chi connectivity index (χ4v) is 4.95. The van der Waals surface area contributed by atoms with Crippen LogP contribution in [0.1, 0.15) is 37.0 Å². The van der Waals surface area contributed by atoms with Gasteiger partial charge in [0, 0.05) is 32.0 Å². The van der Waals surface area contributed by atoms with Crippen LogP contribution in [0.2, 0.25) is 0 Å². The second-order valence-electron chi connectivity index (χ2n) is 7.03. The van der Waals surface area contributed by atoms with Gasteiger partial charge in [-0.25, -0.2) is 8.42 Å². The average molecular weight is 393 g/mol. The minimum Gasteiger partial charge on any atom is -0.332 e. The topological polar surface area (TPSA) is 106 Å². The number of amides is 1. The minimum absolute atomic E-state index is 0.0232. The molecule has 2 aromatic heterocycles.